The molecule has 0 unspecified atom stereocenters. The Morgan fingerprint density at radius 3 is 2.67 bits per heavy atom. The van der Waals surface area contributed by atoms with Crippen LogP contribution in [0.2, 0.25) is 0 Å². The van der Waals surface area contributed by atoms with Crippen molar-refractivity contribution in [3.8, 4) is 0 Å². The van der Waals surface area contributed by atoms with Gasteiger partial charge < -0.3 is 10.7 Å². The number of aromatic amines is 1. The van der Waals surface area contributed by atoms with Crippen molar-refractivity contribution in [2.75, 3.05) is 6.54 Å². The van der Waals surface area contributed by atoms with E-state index in [9.17, 15) is 4.39 Å². The molecule has 0 aliphatic heterocycles. The molecule has 1 aliphatic carbocycles. The monoisotopic (exact) mass is 280 g/mol. The number of halogens is 1. The summed E-state index contributed by atoms with van der Waals surface area (Å²) in [7, 11) is 0. The maximum atomic E-state index is 13.9. The molecule has 0 spiro atoms. The van der Waals surface area contributed by atoms with Crippen LogP contribution >= 0.6 is 0 Å². The van der Waals surface area contributed by atoms with Crippen molar-refractivity contribution in [1.82, 2.24) is 4.98 Å². The highest BCUT2D eigenvalue weighted by Gasteiger charge is 2.32. The smallest absolute Gasteiger partial charge is 0.147 e. The van der Waals surface area contributed by atoms with E-state index in [2.05, 4.69) is 29.2 Å². The number of benzene rings is 2. The molecule has 2 aromatic carbocycles. The molecule has 1 heterocycles. The molecule has 3 aromatic rings. The zero-order chi connectivity index (χ0) is 14.4. The molecule has 4 rings (SSSR count). The van der Waals surface area contributed by atoms with Crippen molar-refractivity contribution in [2.45, 2.75) is 18.3 Å². The van der Waals surface area contributed by atoms with Gasteiger partial charge in [-0.25, -0.2) is 4.39 Å². The summed E-state index contributed by atoms with van der Waals surface area (Å²) in [6, 6.07) is 13.7. The van der Waals surface area contributed by atoms with Crippen molar-refractivity contribution < 1.29 is 4.39 Å². The van der Waals surface area contributed by atoms with E-state index in [1.807, 2.05) is 12.3 Å². The van der Waals surface area contributed by atoms with Gasteiger partial charge in [-0.05, 0) is 41.6 Å². The van der Waals surface area contributed by atoms with Crippen LogP contribution in [0.25, 0.3) is 10.9 Å². The summed E-state index contributed by atoms with van der Waals surface area (Å²) < 4.78 is 13.9. The molecule has 0 saturated carbocycles. The predicted octanol–water partition coefficient (Wildman–Crippen LogP) is 3.88. The number of rotatable bonds is 2. The van der Waals surface area contributed by atoms with E-state index in [4.69, 9.17) is 5.73 Å². The number of nitrogens with two attached hydrogens (primary N) is 1. The van der Waals surface area contributed by atoms with Gasteiger partial charge in [0.15, 0.2) is 0 Å². The van der Waals surface area contributed by atoms with E-state index >= 15 is 0 Å². The van der Waals surface area contributed by atoms with Gasteiger partial charge in [0.25, 0.3) is 0 Å². The summed E-state index contributed by atoms with van der Waals surface area (Å²) in [5.74, 6) is 0.496. The van der Waals surface area contributed by atoms with Gasteiger partial charge in [0.05, 0.1) is 5.52 Å². The van der Waals surface area contributed by atoms with Crippen LogP contribution in [0, 0.1) is 5.82 Å². The molecule has 2 atom stereocenters. The van der Waals surface area contributed by atoms with Crippen LogP contribution in [0.3, 0.4) is 0 Å². The third-order valence-corrected chi connectivity index (χ3v) is 4.69. The summed E-state index contributed by atoms with van der Waals surface area (Å²) in [5.41, 5.74) is 10.4. The van der Waals surface area contributed by atoms with Crippen LogP contribution in [0.1, 0.15) is 34.9 Å². The molecular formula is C18H17FN2. The molecule has 0 saturated heterocycles. The zero-order valence-corrected chi connectivity index (χ0v) is 11.6. The van der Waals surface area contributed by atoms with Crippen LogP contribution in [0.5, 0.6) is 0 Å². The molecule has 3 N–H and O–H groups in total. The first kappa shape index (κ1) is 12.6. The second-order valence-corrected chi connectivity index (χ2v) is 5.76. The first-order valence-electron chi connectivity index (χ1n) is 7.34. The predicted molar refractivity (Wildman–Crippen MR) is 83.0 cm³/mol. The molecule has 0 radical (unpaired) electrons. The lowest BCUT2D eigenvalue weighted by Gasteiger charge is -2.11. The average molecular weight is 280 g/mol. The van der Waals surface area contributed by atoms with Gasteiger partial charge in [0, 0.05) is 17.5 Å². The van der Waals surface area contributed by atoms with Gasteiger partial charge >= 0.3 is 0 Å². The highest BCUT2D eigenvalue weighted by Crippen LogP contribution is 2.46. The summed E-state index contributed by atoms with van der Waals surface area (Å²) in [5, 5.41) is 0.979. The number of fused-ring (bicyclic) bond motifs is 2. The number of hydrogen-bond donors (Lipinski definition) is 2. The zero-order valence-electron chi connectivity index (χ0n) is 11.6. The Balaban J connectivity index is 1.89. The van der Waals surface area contributed by atoms with Crippen LogP contribution < -0.4 is 5.73 Å². The van der Waals surface area contributed by atoms with E-state index in [0.29, 0.717) is 23.9 Å². The first-order chi connectivity index (χ1) is 10.3. The maximum Gasteiger partial charge on any atom is 0.147 e. The molecule has 1 aliphatic rings. The minimum atomic E-state index is -0.194. The summed E-state index contributed by atoms with van der Waals surface area (Å²) in [4.78, 5) is 3.09. The number of aromatic nitrogens is 1. The molecule has 106 valence electrons. The third-order valence-electron chi connectivity index (χ3n) is 4.69. The second kappa shape index (κ2) is 4.71. The largest absolute Gasteiger partial charge is 0.358 e. The quantitative estimate of drug-likeness (QED) is 0.735. The number of nitrogens with one attached hydrogen (secondary N) is 1. The molecule has 3 heteroatoms. The fourth-order valence-corrected chi connectivity index (χ4v) is 3.68. The van der Waals surface area contributed by atoms with E-state index in [0.717, 1.165) is 11.8 Å². The fraction of sp³-hybridized carbons (Fsp3) is 0.222. The van der Waals surface area contributed by atoms with Gasteiger partial charge in [-0.3, -0.25) is 0 Å². The Morgan fingerprint density at radius 2 is 1.86 bits per heavy atom. The van der Waals surface area contributed by atoms with Gasteiger partial charge in [-0.1, -0.05) is 36.4 Å². The topological polar surface area (TPSA) is 41.8 Å². The molecule has 0 bridgehead atoms. The standard InChI is InChI=1S/C18H17FN2/c19-17-7-3-6-14-16(10-21-18(14)17)15-8-11(9-20)12-4-1-2-5-13(12)15/h1-7,10-11,15,21H,8-9,20H2/t11-,15-/m1/s1. The average Bonchev–Trinajstić information content (AvgIpc) is 3.09. The van der Waals surface area contributed by atoms with Gasteiger partial charge in [-0.2, -0.15) is 0 Å². The summed E-state index contributed by atoms with van der Waals surface area (Å²) >= 11 is 0. The van der Waals surface area contributed by atoms with Crippen molar-refractivity contribution in [2.24, 2.45) is 5.73 Å². The molecular weight excluding hydrogens is 263 g/mol. The molecule has 0 amide bonds. The highest BCUT2D eigenvalue weighted by molar-refractivity contribution is 5.85. The Hall–Kier alpha value is -2.13. The van der Waals surface area contributed by atoms with Crippen LogP contribution in [-0.2, 0) is 0 Å². The lowest BCUT2D eigenvalue weighted by Crippen LogP contribution is -2.09. The van der Waals surface area contributed by atoms with Gasteiger partial charge in [0.2, 0.25) is 0 Å². The number of hydrogen-bond acceptors (Lipinski definition) is 1. The minimum absolute atomic E-state index is 0.194. The lowest BCUT2D eigenvalue weighted by molar-refractivity contribution is 0.637. The number of H-pyrrole nitrogens is 1. The van der Waals surface area contributed by atoms with Crippen molar-refractivity contribution in [3.05, 3.63) is 71.2 Å². The van der Waals surface area contributed by atoms with Gasteiger partial charge in [-0.15, -0.1) is 0 Å². The SMILES string of the molecule is NC[C@H]1C[C@@H](c2c[nH]c3c(F)cccc23)c2ccccc21. The Morgan fingerprint density at radius 1 is 1.05 bits per heavy atom. The second-order valence-electron chi connectivity index (χ2n) is 5.76. The first-order valence-corrected chi connectivity index (χ1v) is 7.34. The van der Waals surface area contributed by atoms with E-state index in [1.54, 1.807) is 6.07 Å². The fourth-order valence-electron chi connectivity index (χ4n) is 3.68. The van der Waals surface area contributed by atoms with Crippen molar-refractivity contribution >= 4 is 10.9 Å². The highest BCUT2D eigenvalue weighted by atomic mass is 19.1. The molecule has 0 fully saturated rings. The minimum Gasteiger partial charge on any atom is -0.358 e. The van der Waals surface area contributed by atoms with Crippen molar-refractivity contribution in [3.63, 3.8) is 0 Å². The Labute approximate surface area is 122 Å². The Kier molecular flexibility index (Phi) is 2.82. The molecule has 21 heavy (non-hydrogen) atoms. The van der Waals surface area contributed by atoms with Crippen LogP contribution in [0.4, 0.5) is 4.39 Å². The molecule has 2 nitrogen and oxygen atoms in total. The van der Waals surface area contributed by atoms with Crippen molar-refractivity contribution in [1.29, 1.82) is 0 Å². The van der Waals surface area contributed by atoms with Gasteiger partial charge in [0.1, 0.15) is 5.82 Å². The summed E-state index contributed by atoms with van der Waals surface area (Å²) in [6.07, 6.45) is 2.95. The molecule has 1 aromatic heterocycles. The third kappa shape index (κ3) is 1.81. The Bertz CT molecular complexity index is 806. The summed E-state index contributed by atoms with van der Waals surface area (Å²) in [6.45, 7) is 0.657. The normalized spacial score (nSPS) is 20.9. The maximum absolute atomic E-state index is 13.9. The van der Waals surface area contributed by atoms with Crippen LogP contribution in [-0.4, -0.2) is 11.5 Å². The van der Waals surface area contributed by atoms with Crippen LogP contribution in [0.15, 0.2) is 48.7 Å². The lowest BCUT2D eigenvalue weighted by atomic mass is 9.92. The van der Waals surface area contributed by atoms with E-state index in [1.165, 1.54) is 22.8 Å². The van der Waals surface area contributed by atoms with E-state index < -0.39 is 0 Å². The number of para-hydroxylation sites is 1. The van der Waals surface area contributed by atoms with E-state index in [-0.39, 0.29) is 5.82 Å².